The minimum Gasteiger partial charge on any atom is -0.338 e. The van der Waals surface area contributed by atoms with Crippen molar-refractivity contribution in [3.05, 3.63) is 45.9 Å². The molecule has 0 bridgehead atoms. The third-order valence-electron chi connectivity index (χ3n) is 4.31. The van der Waals surface area contributed by atoms with Gasteiger partial charge in [0.2, 0.25) is 0 Å². The first-order valence-electron chi connectivity index (χ1n) is 7.94. The number of pyridine rings is 1. The van der Waals surface area contributed by atoms with Gasteiger partial charge in [0.15, 0.2) is 0 Å². The van der Waals surface area contributed by atoms with Crippen LogP contribution in [-0.4, -0.2) is 44.1 Å². The topological polar surface area (TPSA) is 94.7 Å². The minimum absolute atomic E-state index is 0.143. The van der Waals surface area contributed by atoms with Crippen molar-refractivity contribution in [2.24, 2.45) is 0 Å². The average molecular weight is 315 g/mol. The molecule has 0 spiro atoms. The van der Waals surface area contributed by atoms with Crippen LogP contribution in [0.15, 0.2) is 23.3 Å². The van der Waals surface area contributed by atoms with Crippen LogP contribution in [-0.2, 0) is 0 Å². The number of nitrogens with one attached hydrogen (secondary N) is 2. The Morgan fingerprint density at radius 3 is 2.87 bits per heavy atom. The van der Waals surface area contributed by atoms with Crippen molar-refractivity contribution in [2.45, 2.75) is 38.5 Å². The predicted molar refractivity (Wildman–Crippen MR) is 85.4 cm³/mol. The van der Waals surface area contributed by atoms with Crippen LogP contribution >= 0.6 is 0 Å². The van der Waals surface area contributed by atoms with Gasteiger partial charge in [0, 0.05) is 24.7 Å². The summed E-state index contributed by atoms with van der Waals surface area (Å²) >= 11 is 0. The number of aromatic amines is 2. The zero-order valence-corrected chi connectivity index (χ0v) is 13.4. The van der Waals surface area contributed by atoms with E-state index in [1.807, 2.05) is 19.9 Å². The number of amides is 1. The van der Waals surface area contributed by atoms with Crippen LogP contribution in [0.25, 0.3) is 0 Å². The van der Waals surface area contributed by atoms with Crippen LogP contribution in [0.5, 0.6) is 0 Å². The van der Waals surface area contributed by atoms with Gasteiger partial charge in [0.05, 0.1) is 0 Å². The van der Waals surface area contributed by atoms with Gasteiger partial charge in [-0.3, -0.25) is 14.7 Å². The van der Waals surface area contributed by atoms with Crippen molar-refractivity contribution >= 4 is 5.91 Å². The summed E-state index contributed by atoms with van der Waals surface area (Å²) in [7, 11) is 0. The van der Waals surface area contributed by atoms with Crippen molar-refractivity contribution < 1.29 is 4.79 Å². The number of carbonyl (C=O) groups excluding carboxylic acids is 1. The Labute approximate surface area is 134 Å². The van der Waals surface area contributed by atoms with Gasteiger partial charge < -0.3 is 9.88 Å². The number of rotatable bonds is 3. The van der Waals surface area contributed by atoms with Crippen molar-refractivity contribution in [1.29, 1.82) is 0 Å². The quantitative estimate of drug-likeness (QED) is 0.900. The predicted octanol–water partition coefficient (Wildman–Crippen LogP) is 1.64. The Kier molecular flexibility index (Phi) is 4.27. The van der Waals surface area contributed by atoms with Gasteiger partial charge in [-0.15, -0.1) is 0 Å². The molecule has 0 unspecified atom stereocenters. The van der Waals surface area contributed by atoms with Gasteiger partial charge in [0.1, 0.15) is 17.7 Å². The number of H-pyrrole nitrogens is 2. The highest BCUT2D eigenvalue weighted by Crippen LogP contribution is 2.24. The fourth-order valence-electron chi connectivity index (χ4n) is 2.96. The molecule has 0 aliphatic carbocycles. The Morgan fingerprint density at radius 2 is 2.22 bits per heavy atom. The molecule has 2 N–H and O–H groups in total. The maximum absolute atomic E-state index is 12.7. The SMILES string of the molecule is CC(C)c1ccc(C(=O)N2CCC[C@@H](c3ncn[nH]3)C2)c(=O)[nH]1. The number of piperidine rings is 1. The van der Waals surface area contributed by atoms with E-state index in [2.05, 4.69) is 20.2 Å². The van der Waals surface area contributed by atoms with Crippen LogP contribution in [0.2, 0.25) is 0 Å². The van der Waals surface area contributed by atoms with Crippen LogP contribution in [0.3, 0.4) is 0 Å². The standard InChI is InChI=1S/C16H21N5O2/c1-10(2)13-6-5-12(15(22)19-13)16(23)21-7-3-4-11(8-21)14-17-9-18-20-14/h5-6,9-11H,3-4,7-8H2,1-2H3,(H,19,22)(H,17,18,20)/t11-/m1/s1. The van der Waals surface area contributed by atoms with Crippen molar-refractivity contribution in [1.82, 2.24) is 25.1 Å². The van der Waals surface area contributed by atoms with E-state index in [0.29, 0.717) is 13.1 Å². The summed E-state index contributed by atoms with van der Waals surface area (Å²) in [6.45, 7) is 5.22. The zero-order valence-electron chi connectivity index (χ0n) is 13.4. The molecule has 0 saturated carbocycles. The molecule has 122 valence electrons. The van der Waals surface area contributed by atoms with E-state index in [-0.39, 0.29) is 28.9 Å². The molecule has 0 aromatic carbocycles. The molecule has 23 heavy (non-hydrogen) atoms. The second-order valence-electron chi connectivity index (χ2n) is 6.27. The lowest BCUT2D eigenvalue weighted by molar-refractivity contribution is 0.0702. The molecule has 1 aliphatic heterocycles. The summed E-state index contributed by atoms with van der Waals surface area (Å²) in [6.07, 6.45) is 3.33. The van der Waals surface area contributed by atoms with Crippen LogP contribution in [0.4, 0.5) is 0 Å². The molecule has 2 aromatic heterocycles. The second kappa shape index (κ2) is 6.36. The number of hydrogen-bond donors (Lipinski definition) is 2. The smallest absolute Gasteiger partial charge is 0.261 e. The Balaban J connectivity index is 1.79. The highest BCUT2D eigenvalue weighted by Gasteiger charge is 2.28. The third kappa shape index (κ3) is 3.18. The Morgan fingerprint density at radius 1 is 1.39 bits per heavy atom. The number of nitrogens with zero attached hydrogens (tertiary/aromatic N) is 3. The molecule has 1 aliphatic rings. The molecule has 7 heteroatoms. The monoisotopic (exact) mass is 315 g/mol. The van der Waals surface area contributed by atoms with Gasteiger partial charge in [0.25, 0.3) is 11.5 Å². The lowest BCUT2D eigenvalue weighted by Crippen LogP contribution is -2.41. The fraction of sp³-hybridized carbons (Fsp3) is 0.500. The molecule has 1 fully saturated rings. The molecule has 3 rings (SSSR count). The molecular formula is C16H21N5O2. The molecule has 2 aromatic rings. The largest absolute Gasteiger partial charge is 0.338 e. The van der Waals surface area contributed by atoms with E-state index < -0.39 is 0 Å². The first-order valence-corrected chi connectivity index (χ1v) is 7.94. The van der Waals surface area contributed by atoms with Gasteiger partial charge in [-0.1, -0.05) is 13.8 Å². The van der Waals surface area contributed by atoms with Crippen LogP contribution < -0.4 is 5.56 Å². The lowest BCUT2D eigenvalue weighted by atomic mass is 9.97. The zero-order chi connectivity index (χ0) is 16.4. The second-order valence-corrected chi connectivity index (χ2v) is 6.27. The van der Waals surface area contributed by atoms with Crippen LogP contribution in [0.1, 0.15) is 60.4 Å². The summed E-state index contributed by atoms with van der Waals surface area (Å²) < 4.78 is 0. The lowest BCUT2D eigenvalue weighted by Gasteiger charge is -2.31. The summed E-state index contributed by atoms with van der Waals surface area (Å²) in [6, 6.07) is 3.45. The first kappa shape index (κ1) is 15.5. The first-order chi connectivity index (χ1) is 11.1. The van der Waals surface area contributed by atoms with Crippen molar-refractivity contribution in [2.75, 3.05) is 13.1 Å². The maximum Gasteiger partial charge on any atom is 0.261 e. The van der Waals surface area contributed by atoms with Crippen LogP contribution in [0, 0.1) is 0 Å². The van der Waals surface area contributed by atoms with Gasteiger partial charge in [-0.25, -0.2) is 4.98 Å². The Bertz CT molecular complexity index is 735. The van der Waals surface area contributed by atoms with Crippen molar-refractivity contribution in [3.63, 3.8) is 0 Å². The van der Waals surface area contributed by atoms with E-state index in [1.54, 1.807) is 11.0 Å². The molecule has 1 amide bonds. The fourth-order valence-corrected chi connectivity index (χ4v) is 2.96. The normalized spacial score (nSPS) is 18.4. The minimum atomic E-state index is -0.317. The summed E-state index contributed by atoms with van der Waals surface area (Å²) in [4.78, 5) is 33.6. The molecule has 7 nitrogen and oxygen atoms in total. The molecule has 1 saturated heterocycles. The summed E-state index contributed by atoms with van der Waals surface area (Å²) in [5.41, 5.74) is 0.723. The molecule has 0 radical (unpaired) electrons. The van der Waals surface area contributed by atoms with E-state index in [4.69, 9.17) is 0 Å². The molecule has 3 heterocycles. The average Bonchev–Trinajstić information content (AvgIpc) is 3.08. The van der Waals surface area contributed by atoms with Gasteiger partial charge in [-0.2, -0.15) is 5.10 Å². The van der Waals surface area contributed by atoms with Gasteiger partial charge in [-0.05, 0) is 30.9 Å². The van der Waals surface area contributed by atoms with E-state index >= 15 is 0 Å². The summed E-state index contributed by atoms with van der Waals surface area (Å²) in [5.74, 6) is 0.944. The third-order valence-corrected chi connectivity index (χ3v) is 4.31. The van der Waals surface area contributed by atoms with Crippen molar-refractivity contribution in [3.8, 4) is 0 Å². The highest BCUT2D eigenvalue weighted by atomic mass is 16.2. The highest BCUT2D eigenvalue weighted by molar-refractivity contribution is 5.94. The number of aromatic nitrogens is 4. The van der Waals surface area contributed by atoms with E-state index in [9.17, 15) is 9.59 Å². The number of likely N-dealkylation sites (tertiary alicyclic amines) is 1. The maximum atomic E-state index is 12.7. The van der Waals surface area contributed by atoms with E-state index in [1.165, 1.54) is 6.33 Å². The summed E-state index contributed by atoms with van der Waals surface area (Å²) in [5, 5.41) is 6.74. The molecule has 1 atom stereocenters. The number of carbonyl (C=O) groups is 1. The molecular weight excluding hydrogens is 294 g/mol. The van der Waals surface area contributed by atoms with Gasteiger partial charge >= 0.3 is 0 Å². The number of hydrogen-bond acceptors (Lipinski definition) is 4. The Hall–Kier alpha value is -2.44. The van der Waals surface area contributed by atoms with E-state index in [0.717, 1.165) is 24.4 Å².